The minimum absolute atomic E-state index is 0.126. The second-order valence-electron chi connectivity index (χ2n) is 2.97. The van der Waals surface area contributed by atoms with E-state index < -0.39 is 13.0 Å². The second kappa shape index (κ2) is 8.55. The molecule has 0 fully saturated rings. The van der Waals surface area contributed by atoms with Crippen molar-refractivity contribution in [2.45, 2.75) is 19.8 Å². The SMILES string of the molecule is CCOCCC(=O)N(CCN)CC(F)F. The van der Waals surface area contributed by atoms with E-state index in [4.69, 9.17) is 10.5 Å². The van der Waals surface area contributed by atoms with Crippen LogP contribution < -0.4 is 5.73 Å². The zero-order valence-corrected chi connectivity index (χ0v) is 8.92. The first-order valence-electron chi connectivity index (χ1n) is 4.95. The molecule has 0 aromatic heterocycles. The summed E-state index contributed by atoms with van der Waals surface area (Å²) in [5.74, 6) is -0.339. The van der Waals surface area contributed by atoms with E-state index in [1.807, 2.05) is 0 Å². The van der Waals surface area contributed by atoms with Gasteiger partial charge in [0.15, 0.2) is 0 Å². The third-order valence-electron chi connectivity index (χ3n) is 1.77. The van der Waals surface area contributed by atoms with Crippen LogP contribution in [0.3, 0.4) is 0 Å². The molecule has 0 spiro atoms. The van der Waals surface area contributed by atoms with Crippen LogP contribution >= 0.6 is 0 Å². The molecule has 6 heteroatoms. The number of carbonyl (C=O) groups is 1. The van der Waals surface area contributed by atoms with Crippen molar-refractivity contribution in [1.29, 1.82) is 0 Å². The number of nitrogens with zero attached hydrogens (tertiary/aromatic N) is 1. The van der Waals surface area contributed by atoms with Crippen molar-refractivity contribution in [3.05, 3.63) is 0 Å². The molecule has 0 aliphatic heterocycles. The second-order valence-corrected chi connectivity index (χ2v) is 2.97. The van der Waals surface area contributed by atoms with Gasteiger partial charge in [-0.3, -0.25) is 4.79 Å². The summed E-state index contributed by atoms with van der Waals surface area (Å²) in [6.45, 7) is 2.38. The first-order valence-corrected chi connectivity index (χ1v) is 4.95. The molecule has 0 saturated heterocycles. The van der Waals surface area contributed by atoms with Crippen LogP contribution in [0.25, 0.3) is 0 Å². The molecule has 0 heterocycles. The summed E-state index contributed by atoms with van der Waals surface area (Å²) in [6.07, 6.45) is -2.40. The number of halogens is 2. The fourth-order valence-corrected chi connectivity index (χ4v) is 1.10. The largest absolute Gasteiger partial charge is 0.381 e. The maximum absolute atomic E-state index is 12.1. The molecule has 0 unspecified atom stereocenters. The van der Waals surface area contributed by atoms with Crippen LogP contribution in [0.4, 0.5) is 8.78 Å². The quantitative estimate of drug-likeness (QED) is 0.610. The number of hydrogen-bond acceptors (Lipinski definition) is 3. The van der Waals surface area contributed by atoms with Crippen LogP contribution in [0.1, 0.15) is 13.3 Å². The highest BCUT2D eigenvalue weighted by Gasteiger charge is 2.16. The summed E-state index contributed by atoms with van der Waals surface area (Å²) in [5, 5.41) is 0. The van der Waals surface area contributed by atoms with Gasteiger partial charge >= 0.3 is 0 Å². The predicted molar refractivity (Wildman–Crippen MR) is 52.7 cm³/mol. The third-order valence-corrected chi connectivity index (χ3v) is 1.77. The van der Waals surface area contributed by atoms with E-state index in [-0.39, 0.29) is 32.0 Å². The van der Waals surface area contributed by atoms with Gasteiger partial charge < -0.3 is 15.4 Å². The summed E-state index contributed by atoms with van der Waals surface area (Å²) in [4.78, 5) is 12.5. The molecule has 4 nitrogen and oxygen atoms in total. The molecule has 1 amide bonds. The first-order chi connectivity index (χ1) is 7.11. The normalized spacial score (nSPS) is 10.7. The number of ether oxygens (including phenoxy) is 1. The molecule has 0 aliphatic carbocycles. The molecule has 0 bridgehead atoms. The molecule has 2 N–H and O–H groups in total. The maximum Gasteiger partial charge on any atom is 0.255 e. The summed E-state index contributed by atoms with van der Waals surface area (Å²) in [6, 6.07) is 0. The Morgan fingerprint density at radius 1 is 1.53 bits per heavy atom. The van der Waals surface area contributed by atoms with Crippen molar-refractivity contribution in [2.75, 3.05) is 32.8 Å². The zero-order valence-electron chi connectivity index (χ0n) is 8.92. The number of carbonyl (C=O) groups excluding carboxylic acids is 1. The minimum Gasteiger partial charge on any atom is -0.381 e. The van der Waals surface area contributed by atoms with E-state index in [0.29, 0.717) is 6.61 Å². The summed E-state index contributed by atoms with van der Waals surface area (Å²) in [5.41, 5.74) is 5.23. The third kappa shape index (κ3) is 7.21. The number of alkyl halides is 2. The van der Waals surface area contributed by atoms with E-state index >= 15 is 0 Å². The van der Waals surface area contributed by atoms with E-state index in [0.717, 1.165) is 4.90 Å². The van der Waals surface area contributed by atoms with Crippen LogP contribution in [0.2, 0.25) is 0 Å². The van der Waals surface area contributed by atoms with Gasteiger partial charge in [-0.05, 0) is 6.92 Å². The zero-order chi connectivity index (χ0) is 11.7. The lowest BCUT2D eigenvalue weighted by Gasteiger charge is -2.21. The maximum atomic E-state index is 12.1. The van der Waals surface area contributed by atoms with Gasteiger partial charge in [-0.25, -0.2) is 8.78 Å². The van der Waals surface area contributed by atoms with Crippen molar-refractivity contribution in [2.24, 2.45) is 5.73 Å². The highest BCUT2D eigenvalue weighted by Crippen LogP contribution is 2.01. The van der Waals surface area contributed by atoms with Crippen LogP contribution in [0.5, 0.6) is 0 Å². The first kappa shape index (κ1) is 14.2. The van der Waals surface area contributed by atoms with E-state index in [9.17, 15) is 13.6 Å². The van der Waals surface area contributed by atoms with Gasteiger partial charge in [0.1, 0.15) is 0 Å². The summed E-state index contributed by atoms with van der Waals surface area (Å²) in [7, 11) is 0. The van der Waals surface area contributed by atoms with Gasteiger partial charge in [0.05, 0.1) is 19.6 Å². The van der Waals surface area contributed by atoms with Crippen LogP contribution in [-0.4, -0.2) is 50.1 Å². The monoisotopic (exact) mass is 224 g/mol. The van der Waals surface area contributed by atoms with Gasteiger partial charge in [0, 0.05) is 19.7 Å². The molecule has 0 rings (SSSR count). The Labute approximate surface area is 88.4 Å². The fraction of sp³-hybridized carbons (Fsp3) is 0.889. The average Bonchev–Trinajstić information content (AvgIpc) is 2.17. The molecular formula is C9H18F2N2O2. The Balaban J connectivity index is 3.92. The Kier molecular flexibility index (Phi) is 8.12. The average molecular weight is 224 g/mol. The van der Waals surface area contributed by atoms with Crippen molar-refractivity contribution < 1.29 is 18.3 Å². The van der Waals surface area contributed by atoms with Gasteiger partial charge in [-0.2, -0.15) is 0 Å². The van der Waals surface area contributed by atoms with Crippen molar-refractivity contribution >= 4 is 5.91 Å². The van der Waals surface area contributed by atoms with Gasteiger partial charge in [-0.1, -0.05) is 0 Å². The number of amides is 1. The standard InChI is InChI=1S/C9H18F2N2O2/c1-2-15-6-3-9(14)13(5-4-12)7-8(10)11/h8H,2-7,12H2,1H3. The number of hydrogen-bond donors (Lipinski definition) is 1. The number of nitrogens with two attached hydrogens (primary N) is 1. The molecule has 0 atom stereocenters. The molecule has 0 aliphatic rings. The van der Waals surface area contributed by atoms with Crippen molar-refractivity contribution in [1.82, 2.24) is 4.90 Å². The van der Waals surface area contributed by atoms with Crippen molar-refractivity contribution in [3.63, 3.8) is 0 Å². The lowest BCUT2D eigenvalue weighted by molar-refractivity contribution is -0.134. The summed E-state index contributed by atoms with van der Waals surface area (Å²) < 4.78 is 29.2. The molecule has 0 aromatic rings. The smallest absolute Gasteiger partial charge is 0.255 e. The molecule has 90 valence electrons. The predicted octanol–water partition coefficient (Wildman–Crippen LogP) is 0.465. The van der Waals surface area contributed by atoms with Crippen LogP contribution in [0, 0.1) is 0 Å². The lowest BCUT2D eigenvalue weighted by atomic mass is 10.3. The molecule has 0 saturated carbocycles. The number of rotatable bonds is 8. The van der Waals surface area contributed by atoms with Crippen LogP contribution in [-0.2, 0) is 9.53 Å². The Morgan fingerprint density at radius 3 is 2.67 bits per heavy atom. The summed E-state index contributed by atoms with van der Waals surface area (Å²) >= 11 is 0. The van der Waals surface area contributed by atoms with Gasteiger partial charge in [0.25, 0.3) is 6.43 Å². The van der Waals surface area contributed by atoms with E-state index in [2.05, 4.69) is 0 Å². The molecule has 0 aromatic carbocycles. The highest BCUT2D eigenvalue weighted by atomic mass is 19.3. The van der Waals surface area contributed by atoms with Crippen LogP contribution in [0.15, 0.2) is 0 Å². The van der Waals surface area contributed by atoms with Crippen molar-refractivity contribution in [3.8, 4) is 0 Å². The minimum atomic E-state index is -2.52. The Morgan fingerprint density at radius 2 is 2.20 bits per heavy atom. The fourth-order valence-electron chi connectivity index (χ4n) is 1.10. The Bertz CT molecular complexity index is 179. The topological polar surface area (TPSA) is 55.6 Å². The highest BCUT2D eigenvalue weighted by molar-refractivity contribution is 5.76. The molecular weight excluding hydrogens is 206 g/mol. The van der Waals surface area contributed by atoms with Gasteiger partial charge in [-0.15, -0.1) is 0 Å². The van der Waals surface area contributed by atoms with E-state index in [1.54, 1.807) is 6.92 Å². The lowest BCUT2D eigenvalue weighted by Crippen LogP contribution is -2.39. The van der Waals surface area contributed by atoms with Gasteiger partial charge in [0.2, 0.25) is 5.91 Å². The van der Waals surface area contributed by atoms with E-state index in [1.165, 1.54) is 0 Å². The Hall–Kier alpha value is -0.750. The molecule has 15 heavy (non-hydrogen) atoms. The molecule has 0 radical (unpaired) electrons.